The maximum absolute atomic E-state index is 13.5. The molecule has 6 aliphatic rings. The summed E-state index contributed by atoms with van der Waals surface area (Å²) in [5.41, 5.74) is -10.0. The first-order valence-corrected chi connectivity index (χ1v) is 40.2. The molecule has 0 spiro atoms. The van der Waals surface area contributed by atoms with E-state index in [0.717, 1.165) is 64.7 Å². The fourth-order valence-corrected chi connectivity index (χ4v) is 11.3. The van der Waals surface area contributed by atoms with Gasteiger partial charge in [0.05, 0.1) is 0 Å². The lowest BCUT2D eigenvalue weighted by atomic mass is 9.79. The van der Waals surface area contributed by atoms with E-state index in [1.165, 1.54) is 20.8 Å². The molecular formula is C65H130F12O12Si3. The second kappa shape index (κ2) is 38.6. The molecule has 0 N–H and O–H groups in total. The fourth-order valence-electron chi connectivity index (χ4n) is 11.3. The molecule has 0 aromatic carbocycles. The Kier molecular flexibility index (Phi) is 42.2. The summed E-state index contributed by atoms with van der Waals surface area (Å²) in [6, 6.07) is 0. The molecular weight excluding hydrogens is 1280 g/mol. The Morgan fingerprint density at radius 1 is 0.380 bits per heavy atom. The minimum atomic E-state index is -5.79. The highest BCUT2D eigenvalue weighted by atomic mass is 28.4. The quantitative estimate of drug-likeness (QED) is 0.0797. The van der Waals surface area contributed by atoms with Crippen LogP contribution in [0.3, 0.4) is 0 Å². The standard InChI is InChI=1S/C16H22F6O3.C16H25F3O3.C15H23F3O3.3C4H12OSi.6CH4/c1-13(2,3)24-12(23)25-14(15(17,18)19,16(20,21)22)8-11-7-9-4-5-10(11)6-9;1-14(2,3)21-13(20)22-15(4,16(17,18)19)9-12-8-10-5-6-11(12)7-10;1-14(2,3)21-13(19)20-12(15(16,17)18)8-11-7-9-4-5-10(11)6-9;3*1-5-6(2,3)4;;;;;;/h9-11H,4-8H2,1-3H3;10-12H,5-9H2,1-4H3;9-12H,4-8H2,1-3H3;3*1-4H3;6*1H4. The van der Waals surface area contributed by atoms with Gasteiger partial charge in [0, 0.05) is 27.8 Å². The van der Waals surface area contributed by atoms with Crippen LogP contribution in [0.25, 0.3) is 0 Å². The molecule has 0 radical (unpaired) electrons. The van der Waals surface area contributed by atoms with Gasteiger partial charge in [0.1, 0.15) is 16.8 Å². The van der Waals surface area contributed by atoms with Gasteiger partial charge in [-0.3, -0.25) is 0 Å². The highest BCUT2D eigenvalue weighted by Gasteiger charge is 2.75. The zero-order valence-corrected chi connectivity index (χ0v) is 58.3. The molecule has 27 heteroatoms. The largest absolute Gasteiger partial charge is 0.510 e. The smallest absolute Gasteiger partial charge is 0.429 e. The summed E-state index contributed by atoms with van der Waals surface area (Å²) in [4.78, 5) is 34.9. The number of rotatable bonds is 12. The number of halogens is 12. The van der Waals surface area contributed by atoms with Crippen molar-refractivity contribution in [3.05, 3.63) is 0 Å². The Balaban J connectivity index is -0.000000258. The van der Waals surface area contributed by atoms with Gasteiger partial charge < -0.3 is 41.7 Å². The predicted molar refractivity (Wildman–Crippen MR) is 353 cm³/mol. The van der Waals surface area contributed by atoms with E-state index in [-0.39, 0.29) is 81.1 Å². The lowest BCUT2D eigenvalue weighted by molar-refractivity contribution is -0.374. The lowest BCUT2D eigenvalue weighted by Gasteiger charge is -2.39. The molecule has 6 rings (SSSR count). The molecule has 0 heterocycles. The topological polar surface area (TPSA) is 134 Å². The van der Waals surface area contributed by atoms with E-state index in [1.807, 2.05) is 0 Å². The van der Waals surface area contributed by atoms with Crippen LogP contribution in [0.1, 0.15) is 210 Å². The molecule has 558 valence electrons. The van der Waals surface area contributed by atoms with Crippen LogP contribution in [0.15, 0.2) is 0 Å². The summed E-state index contributed by atoms with van der Waals surface area (Å²) >= 11 is 0. The summed E-state index contributed by atoms with van der Waals surface area (Å²) in [6.07, 6.45) is -18.5. The van der Waals surface area contributed by atoms with E-state index in [2.05, 4.69) is 73.1 Å². The molecule has 6 bridgehead atoms. The van der Waals surface area contributed by atoms with Gasteiger partial charge in [-0.05, 0) is 252 Å². The Morgan fingerprint density at radius 2 is 0.652 bits per heavy atom. The zero-order valence-electron chi connectivity index (χ0n) is 55.3. The van der Waals surface area contributed by atoms with Crippen LogP contribution in [0.5, 0.6) is 0 Å². The second-order valence-electron chi connectivity index (χ2n) is 30.2. The zero-order chi connectivity index (χ0) is 67.5. The molecule has 0 aromatic heterocycles. The number of hydrogen-bond acceptors (Lipinski definition) is 12. The van der Waals surface area contributed by atoms with Crippen molar-refractivity contribution in [1.29, 1.82) is 0 Å². The number of carbonyl (C=O) groups excluding carboxylic acids is 3. The van der Waals surface area contributed by atoms with Gasteiger partial charge in [-0.15, -0.1) is 0 Å². The minimum Gasteiger partial charge on any atom is -0.429 e. The second-order valence-corrected chi connectivity index (χ2v) is 44.1. The van der Waals surface area contributed by atoms with Crippen LogP contribution in [0.4, 0.5) is 67.1 Å². The van der Waals surface area contributed by atoms with Crippen molar-refractivity contribution < 1.29 is 109 Å². The normalized spacial score (nSPS) is 24.1. The third kappa shape index (κ3) is 36.7. The number of carbonyl (C=O) groups is 3. The van der Waals surface area contributed by atoms with Crippen LogP contribution in [0, 0.1) is 53.3 Å². The average Bonchev–Trinajstić information content (AvgIpc) is 1.05. The van der Waals surface area contributed by atoms with Gasteiger partial charge in [-0.1, -0.05) is 63.8 Å². The van der Waals surface area contributed by atoms with Gasteiger partial charge >= 0.3 is 48.8 Å². The van der Waals surface area contributed by atoms with E-state index in [9.17, 15) is 67.1 Å². The summed E-state index contributed by atoms with van der Waals surface area (Å²) in [5.74, 6) is 1.02. The van der Waals surface area contributed by atoms with Gasteiger partial charge in [-0.25, -0.2) is 14.4 Å². The number of alkyl halides is 12. The lowest BCUT2D eigenvalue weighted by Crippen LogP contribution is -2.61. The number of hydrogen-bond donors (Lipinski definition) is 0. The fraction of sp³-hybridized carbons (Fsp3) is 0.954. The Labute approximate surface area is 552 Å². The third-order valence-electron chi connectivity index (χ3n) is 16.1. The molecule has 11 unspecified atom stereocenters. The molecule has 11 atom stereocenters. The van der Waals surface area contributed by atoms with Crippen molar-refractivity contribution in [3.63, 3.8) is 0 Å². The number of fused-ring (bicyclic) bond motifs is 6. The van der Waals surface area contributed by atoms with Gasteiger partial charge in [0.15, 0.2) is 25.0 Å². The van der Waals surface area contributed by atoms with E-state index >= 15 is 0 Å². The van der Waals surface area contributed by atoms with Crippen molar-refractivity contribution in [2.45, 2.75) is 328 Å². The van der Waals surface area contributed by atoms with Crippen molar-refractivity contribution in [3.8, 4) is 0 Å². The Hall–Kier alpha value is -2.50. The monoisotopic (exact) mass is 1410 g/mol. The summed E-state index contributed by atoms with van der Waals surface area (Å²) in [6.45, 7) is 33.9. The van der Waals surface area contributed by atoms with E-state index < -0.39 is 115 Å². The molecule has 12 nitrogen and oxygen atoms in total. The first-order valence-electron chi connectivity index (χ1n) is 29.9. The van der Waals surface area contributed by atoms with Crippen molar-refractivity contribution in [1.82, 2.24) is 0 Å². The Morgan fingerprint density at radius 3 is 0.880 bits per heavy atom. The van der Waals surface area contributed by atoms with E-state index in [0.29, 0.717) is 42.9 Å². The maximum atomic E-state index is 13.5. The Bertz CT molecular complexity index is 2030. The SMILES string of the molecule is C.C.C.C.C.C.CC(C)(C)OC(=O)OC(C)(CC1CC2CCC1C2)C(F)(F)F.CC(C)(C)OC(=O)OC(CC1CC2CCC1C2)(C(F)(F)F)C(F)(F)F.CC(C)(C)OC(=O)OC(CC1CC2CCC1C2)C(F)(F)F.CO[Si](C)(C)C.CO[Si](C)(C)C.CO[Si](C)(C)C. The molecule has 92 heavy (non-hydrogen) atoms. The highest BCUT2D eigenvalue weighted by molar-refractivity contribution is 6.70. The first kappa shape index (κ1) is 101. The van der Waals surface area contributed by atoms with Crippen LogP contribution in [-0.4, -0.2) is 124 Å². The molecule has 0 aliphatic heterocycles. The predicted octanol–water partition coefficient (Wildman–Crippen LogP) is 23.6. The van der Waals surface area contributed by atoms with E-state index in [4.69, 9.17) is 27.5 Å². The van der Waals surface area contributed by atoms with E-state index in [1.54, 1.807) is 62.9 Å². The molecule has 0 amide bonds. The highest BCUT2D eigenvalue weighted by Crippen LogP contribution is 2.58. The maximum Gasteiger partial charge on any atom is 0.510 e. The van der Waals surface area contributed by atoms with Gasteiger partial charge in [0.25, 0.3) is 0 Å². The molecule has 6 aliphatic carbocycles. The molecule has 0 saturated heterocycles. The van der Waals surface area contributed by atoms with Crippen LogP contribution >= 0.6 is 0 Å². The summed E-state index contributed by atoms with van der Waals surface area (Å²) < 4.78 is 203. The summed E-state index contributed by atoms with van der Waals surface area (Å²) in [5, 5.41) is 0. The number of ether oxygens (including phenoxy) is 6. The van der Waals surface area contributed by atoms with Crippen LogP contribution < -0.4 is 0 Å². The van der Waals surface area contributed by atoms with Gasteiger partial charge in [-0.2, -0.15) is 52.7 Å². The third-order valence-corrected chi connectivity index (χ3v) is 19.7. The molecule has 0 aromatic rings. The van der Waals surface area contributed by atoms with Crippen LogP contribution in [-0.2, 0) is 41.7 Å². The van der Waals surface area contributed by atoms with Gasteiger partial charge in [0.2, 0.25) is 11.7 Å². The minimum absolute atomic E-state index is 0. The van der Waals surface area contributed by atoms with Crippen LogP contribution in [0.2, 0.25) is 58.9 Å². The molecule has 6 saturated carbocycles. The van der Waals surface area contributed by atoms with Crippen molar-refractivity contribution in [2.24, 2.45) is 53.3 Å². The first-order chi connectivity index (χ1) is 38.3. The average molecular weight is 1420 g/mol. The molecule has 6 fully saturated rings. The van der Waals surface area contributed by atoms with Crippen molar-refractivity contribution in [2.75, 3.05) is 21.3 Å². The summed E-state index contributed by atoms with van der Waals surface area (Å²) in [7, 11) is 1.92. The van der Waals surface area contributed by atoms with Crippen molar-refractivity contribution >= 4 is 43.4 Å².